The van der Waals surface area contributed by atoms with Crippen molar-refractivity contribution in [3.8, 4) is 11.4 Å². The first-order valence-electron chi connectivity index (χ1n) is 16.0. The molecule has 0 N–H and O–H groups in total. The number of para-hydroxylation sites is 6. The van der Waals surface area contributed by atoms with Gasteiger partial charge in [-0.15, -0.1) is 0 Å². The van der Waals surface area contributed by atoms with E-state index >= 15 is 0 Å². The zero-order valence-electron chi connectivity index (χ0n) is 25.4. The van der Waals surface area contributed by atoms with Crippen molar-refractivity contribution in [2.24, 2.45) is 0 Å². The Morgan fingerprint density at radius 2 is 1.07 bits per heavy atom. The highest BCUT2D eigenvalue weighted by Gasteiger charge is 2.24. The molecule has 0 aliphatic heterocycles. The third-order valence-corrected chi connectivity index (χ3v) is 9.60. The van der Waals surface area contributed by atoms with E-state index in [0.29, 0.717) is 0 Å². The fourth-order valence-corrected chi connectivity index (χ4v) is 7.63. The van der Waals surface area contributed by atoms with Crippen molar-refractivity contribution in [3.63, 3.8) is 0 Å². The van der Waals surface area contributed by atoms with Crippen LogP contribution in [-0.4, -0.2) is 27.9 Å². The van der Waals surface area contributed by atoms with Crippen molar-refractivity contribution >= 4 is 55.7 Å². The molecule has 5 aromatic carbocycles. The summed E-state index contributed by atoms with van der Waals surface area (Å²) in [6, 6.07) is 38.5. The monoisotopic (exact) mass is 571 g/mol. The summed E-state index contributed by atoms with van der Waals surface area (Å²) in [5.74, 6) is 1.18. The molecule has 6 heteroatoms. The minimum atomic E-state index is -0.577. The lowest BCUT2D eigenvalue weighted by molar-refractivity contribution is 0.728. The van der Waals surface area contributed by atoms with E-state index in [-0.39, 0.29) is 0 Å². The van der Waals surface area contributed by atoms with Crippen LogP contribution in [0.4, 0.5) is 0 Å². The maximum atomic E-state index is 9.34. The summed E-state index contributed by atoms with van der Waals surface area (Å²) >= 11 is 0. The number of benzene rings is 5. The Hall–Kier alpha value is -5.36. The Bertz CT molecular complexity index is 2640. The predicted molar refractivity (Wildman–Crippen MR) is 179 cm³/mol. The third kappa shape index (κ3) is 3.15. The standard InChI is InChI=1S/C38H30N6/c1-24-11-8-21-33-35(24)39-37-41(29-17-4-6-19-31(29)43(33)37)26-14-9-15-27(23-26)42-30-18-5-7-20-32(30)44-34-22-10-16-28(25-12-2-3-13-25)36(34)40-38(42)44/h4-11,14-23,25H,2-3,12-13H2,1H3/i25D. The highest BCUT2D eigenvalue weighted by molar-refractivity contribution is 5.95. The molecule has 6 nitrogen and oxygen atoms in total. The molecule has 0 unspecified atom stereocenters. The molecule has 0 atom stereocenters. The van der Waals surface area contributed by atoms with Gasteiger partial charge in [-0.3, -0.25) is 17.9 Å². The molecule has 44 heavy (non-hydrogen) atoms. The Balaban J connectivity index is 1.26. The maximum Gasteiger partial charge on any atom is 0.220 e. The van der Waals surface area contributed by atoms with E-state index in [1.165, 1.54) is 5.56 Å². The lowest BCUT2D eigenvalue weighted by atomic mass is 9.96. The van der Waals surface area contributed by atoms with E-state index in [9.17, 15) is 1.37 Å². The van der Waals surface area contributed by atoms with Gasteiger partial charge in [0, 0.05) is 1.37 Å². The molecule has 4 heterocycles. The lowest BCUT2D eigenvalue weighted by Crippen LogP contribution is -2.00. The van der Waals surface area contributed by atoms with Crippen LogP contribution in [0.15, 0.2) is 109 Å². The van der Waals surface area contributed by atoms with Crippen molar-refractivity contribution in [2.75, 3.05) is 0 Å². The van der Waals surface area contributed by atoms with Gasteiger partial charge in [-0.05, 0) is 91.4 Å². The van der Waals surface area contributed by atoms with Crippen molar-refractivity contribution in [2.45, 2.75) is 38.5 Å². The number of aromatic nitrogens is 6. The van der Waals surface area contributed by atoms with Crippen LogP contribution >= 0.6 is 0 Å². The number of nitrogens with zero attached hydrogens (tertiary/aromatic N) is 6. The minimum absolute atomic E-state index is 0.577. The lowest BCUT2D eigenvalue weighted by Gasteiger charge is -2.11. The van der Waals surface area contributed by atoms with Gasteiger partial charge < -0.3 is 0 Å². The van der Waals surface area contributed by atoms with Crippen LogP contribution in [0.25, 0.3) is 67.1 Å². The van der Waals surface area contributed by atoms with Crippen LogP contribution in [0.5, 0.6) is 0 Å². The number of hydrogen-bond donors (Lipinski definition) is 0. The van der Waals surface area contributed by atoms with E-state index in [1.54, 1.807) is 0 Å². The Labute approximate surface area is 254 Å². The third-order valence-electron chi connectivity index (χ3n) is 9.60. The van der Waals surface area contributed by atoms with Gasteiger partial charge in [-0.2, -0.15) is 0 Å². The smallest absolute Gasteiger partial charge is 0.220 e. The van der Waals surface area contributed by atoms with Crippen molar-refractivity contribution in [1.29, 1.82) is 0 Å². The maximum absolute atomic E-state index is 9.34. The average molecular weight is 572 g/mol. The van der Waals surface area contributed by atoms with Crippen LogP contribution in [0.1, 0.15) is 44.1 Å². The number of imidazole rings is 4. The fourth-order valence-electron chi connectivity index (χ4n) is 7.63. The number of rotatable bonds is 3. The molecule has 0 bridgehead atoms. The van der Waals surface area contributed by atoms with Gasteiger partial charge in [0.1, 0.15) is 0 Å². The molecule has 1 aliphatic rings. The molecule has 10 rings (SSSR count). The molecule has 9 aromatic rings. The van der Waals surface area contributed by atoms with Crippen molar-refractivity contribution < 1.29 is 1.37 Å². The van der Waals surface area contributed by atoms with Crippen LogP contribution in [0, 0.1) is 6.92 Å². The van der Waals surface area contributed by atoms with Crippen LogP contribution < -0.4 is 0 Å². The molecule has 0 spiro atoms. The van der Waals surface area contributed by atoms with Crippen molar-refractivity contribution in [3.05, 3.63) is 120 Å². The van der Waals surface area contributed by atoms with Gasteiger partial charge >= 0.3 is 0 Å². The van der Waals surface area contributed by atoms with Gasteiger partial charge in [-0.1, -0.05) is 67.4 Å². The van der Waals surface area contributed by atoms with Gasteiger partial charge in [-0.25, -0.2) is 9.97 Å². The van der Waals surface area contributed by atoms with E-state index in [1.807, 2.05) is 0 Å². The summed E-state index contributed by atoms with van der Waals surface area (Å²) < 4.78 is 18.4. The largest absolute Gasteiger partial charge is 0.278 e. The molecule has 1 fully saturated rings. The summed E-state index contributed by atoms with van der Waals surface area (Å²) in [6.07, 6.45) is 3.97. The molecule has 0 radical (unpaired) electrons. The molecular formula is C38H30N6. The average Bonchev–Trinajstić information content (AvgIpc) is 3.87. The van der Waals surface area contributed by atoms with E-state index < -0.39 is 5.89 Å². The van der Waals surface area contributed by atoms with Crippen LogP contribution in [-0.2, 0) is 0 Å². The second kappa shape index (κ2) is 8.83. The quantitative estimate of drug-likeness (QED) is 0.212. The van der Waals surface area contributed by atoms with Gasteiger partial charge in [0.05, 0.1) is 55.5 Å². The Morgan fingerprint density at radius 1 is 0.568 bits per heavy atom. The first kappa shape index (κ1) is 23.1. The van der Waals surface area contributed by atoms with Crippen molar-refractivity contribution in [1.82, 2.24) is 27.9 Å². The highest BCUT2D eigenvalue weighted by Crippen LogP contribution is 2.39. The highest BCUT2D eigenvalue weighted by atomic mass is 15.2. The molecule has 0 amide bonds. The second-order valence-electron chi connectivity index (χ2n) is 12.1. The molecule has 4 aromatic heterocycles. The van der Waals surface area contributed by atoms with Gasteiger partial charge in [0.25, 0.3) is 0 Å². The molecule has 212 valence electrons. The summed E-state index contributed by atoms with van der Waals surface area (Å²) in [5, 5.41) is 0. The predicted octanol–water partition coefficient (Wildman–Crippen LogP) is 9.14. The van der Waals surface area contributed by atoms with Gasteiger partial charge in [0.2, 0.25) is 11.6 Å². The van der Waals surface area contributed by atoms with E-state index in [4.69, 9.17) is 9.97 Å². The summed E-state index contributed by atoms with van der Waals surface area (Å²) in [6.45, 7) is 2.12. The molecule has 1 aliphatic carbocycles. The normalized spacial score (nSPS) is 15.5. The molecule has 1 saturated carbocycles. The molecular weight excluding hydrogens is 540 g/mol. The number of hydrogen-bond acceptors (Lipinski definition) is 2. The second-order valence-corrected chi connectivity index (χ2v) is 12.1. The summed E-state index contributed by atoms with van der Waals surface area (Å²) in [7, 11) is 0. The number of aryl methyl sites for hydroxylation is 1. The summed E-state index contributed by atoms with van der Waals surface area (Å²) in [5.41, 5.74) is 12.9. The zero-order valence-corrected chi connectivity index (χ0v) is 24.4. The minimum Gasteiger partial charge on any atom is -0.278 e. The first-order chi connectivity index (χ1) is 22.1. The Kier molecular flexibility index (Phi) is 4.64. The van der Waals surface area contributed by atoms with Gasteiger partial charge in [0.15, 0.2) is 0 Å². The first-order valence-corrected chi connectivity index (χ1v) is 15.5. The topological polar surface area (TPSA) is 44.5 Å². The van der Waals surface area contributed by atoms with E-state index in [2.05, 4.69) is 134 Å². The summed E-state index contributed by atoms with van der Waals surface area (Å²) in [4.78, 5) is 10.5. The Morgan fingerprint density at radius 3 is 1.70 bits per heavy atom. The van der Waals surface area contributed by atoms with E-state index in [0.717, 1.165) is 98.3 Å². The fraction of sp³-hybridized carbons (Fsp3) is 0.158. The molecule has 0 saturated heterocycles. The SMILES string of the molecule is [2H]C1(c2cccc3c2nc2n(-c4cccc(-n5c6ccccc6n6c7cccc(C)c7nc56)c4)c4ccccc4n32)CCCC1. The zero-order chi connectivity index (χ0) is 29.9. The van der Waals surface area contributed by atoms with Crippen LogP contribution in [0.2, 0.25) is 0 Å². The van der Waals surface area contributed by atoms with Crippen LogP contribution in [0.3, 0.4) is 0 Å². The number of fused-ring (bicyclic) bond motifs is 10.